The Morgan fingerprint density at radius 2 is 2.07 bits per heavy atom. The first-order valence-electron chi connectivity index (χ1n) is 4.89. The number of rotatable bonds is 7. The molecule has 0 saturated carbocycles. The average Bonchev–Trinajstić information content (AvgIpc) is 2.19. The van der Waals surface area contributed by atoms with Crippen molar-refractivity contribution in [3.05, 3.63) is 0 Å². The van der Waals surface area contributed by atoms with Gasteiger partial charge in [0.05, 0.1) is 18.6 Å². The largest absolute Gasteiger partial charge is 0.466 e. The maximum absolute atomic E-state index is 11.3. The molecule has 4 nitrogen and oxygen atoms in total. The summed E-state index contributed by atoms with van der Waals surface area (Å²) in [6.45, 7) is 5.82. The van der Waals surface area contributed by atoms with Gasteiger partial charge in [-0.05, 0) is 20.3 Å². The lowest BCUT2D eigenvalue weighted by molar-refractivity contribution is -0.153. The van der Waals surface area contributed by atoms with Crippen molar-refractivity contribution in [2.75, 3.05) is 13.2 Å². The summed E-state index contributed by atoms with van der Waals surface area (Å²) in [6, 6.07) is 0. The summed E-state index contributed by atoms with van der Waals surface area (Å²) in [5.74, 6) is -0.592. The first-order valence-corrected chi connectivity index (χ1v) is 4.89. The van der Waals surface area contributed by atoms with Crippen LogP contribution in [0.15, 0.2) is 0 Å². The first-order chi connectivity index (χ1) is 6.67. The standard InChI is InChI=1S/C10H18O4/c1-4-9(14-7-6-11)8(3)10(12)13-5-2/h6,8-9H,4-5,7H2,1-3H3. The highest BCUT2D eigenvalue weighted by molar-refractivity contribution is 5.72. The van der Waals surface area contributed by atoms with Crippen LogP contribution in [0.5, 0.6) is 0 Å². The zero-order valence-electron chi connectivity index (χ0n) is 8.99. The molecule has 2 unspecified atom stereocenters. The quantitative estimate of drug-likeness (QED) is 0.459. The predicted octanol–water partition coefficient (Wildman–Crippen LogP) is 1.18. The van der Waals surface area contributed by atoms with E-state index in [9.17, 15) is 9.59 Å². The molecular weight excluding hydrogens is 184 g/mol. The summed E-state index contributed by atoms with van der Waals surface area (Å²) in [7, 11) is 0. The monoisotopic (exact) mass is 202 g/mol. The molecule has 0 aliphatic rings. The lowest BCUT2D eigenvalue weighted by Gasteiger charge is -2.20. The van der Waals surface area contributed by atoms with E-state index in [2.05, 4.69) is 0 Å². The van der Waals surface area contributed by atoms with Crippen LogP contribution in [-0.2, 0) is 19.1 Å². The third-order valence-electron chi connectivity index (χ3n) is 2.00. The smallest absolute Gasteiger partial charge is 0.311 e. The van der Waals surface area contributed by atoms with Gasteiger partial charge in [0.25, 0.3) is 0 Å². The van der Waals surface area contributed by atoms with Crippen molar-refractivity contribution >= 4 is 12.3 Å². The molecule has 4 heteroatoms. The van der Waals surface area contributed by atoms with Gasteiger partial charge >= 0.3 is 5.97 Å². The van der Waals surface area contributed by atoms with E-state index >= 15 is 0 Å². The van der Waals surface area contributed by atoms with Gasteiger partial charge in [0.15, 0.2) is 0 Å². The van der Waals surface area contributed by atoms with Crippen molar-refractivity contribution in [1.29, 1.82) is 0 Å². The maximum atomic E-state index is 11.3. The van der Waals surface area contributed by atoms with Gasteiger partial charge in [-0.1, -0.05) is 6.92 Å². The van der Waals surface area contributed by atoms with Crippen LogP contribution in [0.3, 0.4) is 0 Å². The number of carbonyl (C=O) groups excluding carboxylic acids is 2. The third kappa shape index (κ3) is 4.37. The van der Waals surface area contributed by atoms with Crippen LogP contribution in [0.1, 0.15) is 27.2 Å². The molecule has 0 bridgehead atoms. The van der Waals surface area contributed by atoms with Gasteiger partial charge in [0.2, 0.25) is 0 Å². The molecule has 0 heterocycles. The van der Waals surface area contributed by atoms with Gasteiger partial charge in [0, 0.05) is 0 Å². The molecule has 82 valence electrons. The van der Waals surface area contributed by atoms with Crippen molar-refractivity contribution in [1.82, 2.24) is 0 Å². The molecule has 0 saturated heterocycles. The summed E-state index contributed by atoms with van der Waals surface area (Å²) in [6.07, 6.45) is 1.13. The van der Waals surface area contributed by atoms with Crippen molar-refractivity contribution in [2.24, 2.45) is 5.92 Å². The van der Waals surface area contributed by atoms with Gasteiger partial charge in [-0.2, -0.15) is 0 Å². The number of hydrogen-bond donors (Lipinski definition) is 0. The summed E-state index contributed by atoms with van der Waals surface area (Å²) in [4.78, 5) is 21.4. The molecule has 0 aliphatic carbocycles. The SMILES string of the molecule is CCOC(=O)C(C)C(CC)OCC=O. The molecule has 0 amide bonds. The van der Waals surface area contributed by atoms with E-state index in [0.29, 0.717) is 19.3 Å². The summed E-state index contributed by atoms with van der Waals surface area (Å²) >= 11 is 0. The van der Waals surface area contributed by atoms with Crippen LogP contribution in [0, 0.1) is 5.92 Å². The fourth-order valence-electron chi connectivity index (χ4n) is 1.20. The Labute approximate surface area is 84.6 Å². The minimum Gasteiger partial charge on any atom is -0.466 e. The molecule has 0 rings (SSSR count). The van der Waals surface area contributed by atoms with Gasteiger partial charge in [0.1, 0.15) is 12.9 Å². The fourth-order valence-corrected chi connectivity index (χ4v) is 1.20. The Hall–Kier alpha value is -0.900. The topological polar surface area (TPSA) is 52.6 Å². The van der Waals surface area contributed by atoms with Crippen LogP contribution >= 0.6 is 0 Å². The number of esters is 1. The molecule has 14 heavy (non-hydrogen) atoms. The van der Waals surface area contributed by atoms with E-state index in [1.54, 1.807) is 13.8 Å². The van der Waals surface area contributed by atoms with E-state index in [4.69, 9.17) is 9.47 Å². The summed E-state index contributed by atoms with van der Waals surface area (Å²) in [5, 5.41) is 0. The van der Waals surface area contributed by atoms with E-state index in [-0.39, 0.29) is 24.6 Å². The normalized spacial score (nSPS) is 14.5. The second-order valence-corrected chi connectivity index (χ2v) is 2.99. The molecular formula is C10H18O4. The lowest BCUT2D eigenvalue weighted by Crippen LogP contribution is -2.30. The molecule has 0 spiro atoms. The predicted molar refractivity (Wildman–Crippen MR) is 51.9 cm³/mol. The average molecular weight is 202 g/mol. The Balaban J connectivity index is 4.07. The Morgan fingerprint density at radius 3 is 2.50 bits per heavy atom. The van der Waals surface area contributed by atoms with Crippen LogP contribution in [0.25, 0.3) is 0 Å². The molecule has 0 aromatic carbocycles. The highest BCUT2D eigenvalue weighted by Gasteiger charge is 2.24. The molecule has 0 aromatic heterocycles. The maximum Gasteiger partial charge on any atom is 0.311 e. The zero-order valence-corrected chi connectivity index (χ0v) is 8.99. The van der Waals surface area contributed by atoms with Gasteiger partial charge in [-0.15, -0.1) is 0 Å². The highest BCUT2D eigenvalue weighted by atomic mass is 16.5. The van der Waals surface area contributed by atoms with Crippen molar-refractivity contribution < 1.29 is 19.1 Å². The molecule has 0 fully saturated rings. The second kappa shape index (κ2) is 7.50. The first kappa shape index (κ1) is 13.1. The van der Waals surface area contributed by atoms with Crippen molar-refractivity contribution in [2.45, 2.75) is 33.3 Å². The Bertz CT molecular complexity index is 179. The Kier molecular flexibility index (Phi) is 7.02. The molecule has 0 aliphatic heterocycles. The number of hydrogen-bond acceptors (Lipinski definition) is 4. The Morgan fingerprint density at radius 1 is 1.43 bits per heavy atom. The lowest BCUT2D eigenvalue weighted by atomic mass is 10.0. The minimum atomic E-state index is -0.320. The number of carbonyl (C=O) groups is 2. The van der Waals surface area contributed by atoms with Crippen LogP contribution in [-0.4, -0.2) is 31.6 Å². The van der Waals surface area contributed by atoms with Crippen LogP contribution in [0.4, 0.5) is 0 Å². The zero-order chi connectivity index (χ0) is 11.0. The van der Waals surface area contributed by atoms with E-state index in [1.165, 1.54) is 0 Å². The summed E-state index contributed by atoms with van der Waals surface area (Å²) in [5.41, 5.74) is 0. The number of aldehydes is 1. The summed E-state index contributed by atoms with van der Waals surface area (Å²) < 4.78 is 10.1. The fraction of sp³-hybridized carbons (Fsp3) is 0.800. The molecule has 0 aromatic rings. The van der Waals surface area contributed by atoms with Crippen LogP contribution in [0.2, 0.25) is 0 Å². The van der Waals surface area contributed by atoms with Gasteiger partial charge in [-0.3, -0.25) is 4.79 Å². The van der Waals surface area contributed by atoms with E-state index in [1.807, 2.05) is 6.92 Å². The van der Waals surface area contributed by atoms with E-state index in [0.717, 1.165) is 0 Å². The van der Waals surface area contributed by atoms with Gasteiger partial charge in [-0.25, -0.2) is 0 Å². The molecule has 0 radical (unpaired) electrons. The number of ether oxygens (including phenoxy) is 2. The van der Waals surface area contributed by atoms with Crippen LogP contribution < -0.4 is 0 Å². The van der Waals surface area contributed by atoms with Gasteiger partial charge < -0.3 is 14.3 Å². The molecule has 2 atom stereocenters. The highest BCUT2D eigenvalue weighted by Crippen LogP contribution is 2.12. The van der Waals surface area contributed by atoms with Crippen molar-refractivity contribution in [3.63, 3.8) is 0 Å². The second-order valence-electron chi connectivity index (χ2n) is 2.99. The van der Waals surface area contributed by atoms with Crippen molar-refractivity contribution in [3.8, 4) is 0 Å². The third-order valence-corrected chi connectivity index (χ3v) is 2.00. The van der Waals surface area contributed by atoms with E-state index < -0.39 is 0 Å². The molecule has 0 N–H and O–H groups in total. The minimum absolute atomic E-state index is 0.0300.